The Balaban J connectivity index is 1.66. The molecule has 6 nitrogen and oxygen atoms in total. The monoisotopic (exact) mass is 361 g/mol. The number of nitrogens with zero attached hydrogens (tertiary/aromatic N) is 1. The first-order valence-electron chi connectivity index (χ1n) is 8.83. The summed E-state index contributed by atoms with van der Waals surface area (Å²) < 4.78 is 5.61. The molecule has 1 aromatic heterocycles. The van der Waals surface area contributed by atoms with Gasteiger partial charge in [-0.2, -0.15) is 5.10 Å². The molecule has 27 heavy (non-hydrogen) atoms. The van der Waals surface area contributed by atoms with Gasteiger partial charge in [-0.05, 0) is 36.6 Å². The van der Waals surface area contributed by atoms with Crippen molar-refractivity contribution < 1.29 is 14.0 Å². The highest BCUT2D eigenvalue weighted by atomic mass is 16.4. The van der Waals surface area contributed by atoms with E-state index in [-0.39, 0.29) is 11.7 Å². The molecular formula is C21H19N3O3. The lowest BCUT2D eigenvalue weighted by atomic mass is 9.93. The average molecular weight is 361 g/mol. The van der Waals surface area contributed by atoms with Crippen molar-refractivity contribution in [1.82, 2.24) is 5.43 Å². The molecule has 1 aliphatic rings. The van der Waals surface area contributed by atoms with E-state index in [0.29, 0.717) is 29.0 Å². The molecule has 0 atom stereocenters. The maximum Gasteiger partial charge on any atom is 0.284 e. The number of nitrogens with one attached hydrogen (secondary N) is 1. The van der Waals surface area contributed by atoms with Gasteiger partial charge in [-0.1, -0.05) is 36.4 Å². The van der Waals surface area contributed by atoms with E-state index in [1.807, 2.05) is 36.4 Å². The first-order chi connectivity index (χ1) is 13.1. The third-order valence-electron chi connectivity index (χ3n) is 4.88. The molecule has 0 fully saturated rings. The Labute approximate surface area is 156 Å². The van der Waals surface area contributed by atoms with E-state index >= 15 is 0 Å². The summed E-state index contributed by atoms with van der Waals surface area (Å²) in [6.45, 7) is 1.79. The second-order valence-corrected chi connectivity index (χ2v) is 6.60. The minimum Gasteiger partial charge on any atom is -0.455 e. The van der Waals surface area contributed by atoms with Gasteiger partial charge in [-0.15, -0.1) is 0 Å². The Kier molecular flexibility index (Phi) is 4.24. The highest BCUT2D eigenvalue weighted by molar-refractivity contribution is 6.09. The fourth-order valence-electron chi connectivity index (χ4n) is 3.62. The van der Waals surface area contributed by atoms with Crippen LogP contribution in [0.2, 0.25) is 0 Å². The van der Waals surface area contributed by atoms with Crippen molar-refractivity contribution in [2.75, 3.05) is 0 Å². The molecule has 136 valence electrons. The zero-order chi connectivity index (χ0) is 19.0. The summed E-state index contributed by atoms with van der Waals surface area (Å²) in [6, 6.07) is 13.3. The number of hydrogen-bond donors (Lipinski definition) is 2. The van der Waals surface area contributed by atoms with E-state index in [1.54, 1.807) is 13.0 Å². The number of hydrogen-bond acceptors (Lipinski definition) is 4. The van der Waals surface area contributed by atoms with E-state index in [0.717, 1.165) is 29.2 Å². The predicted octanol–water partition coefficient (Wildman–Crippen LogP) is 3.31. The summed E-state index contributed by atoms with van der Waals surface area (Å²) in [6.07, 6.45) is 2.25. The smallest absolute Gasteiger partial charge is 0.284 e. The van der Waals surface area contributed by atoms with Crippen LogP contribution in [-0.2, 0) is 6.42 Å². The first kappa shape index (κ1) is 17.0. The van der Waals surface area contributed by atoms with Crippen LogP contribution < -0.4 is 11.2 Å². The van der Waals surface area contributed by atoms with Gasteiger partial charge in [-0.25, -0.2) is 5.43 Å². The van der Waals surface area contributed by atoms with Crippen LogP contribution in [0.4, 0.5) is 0 Å². The number of amides is 2. The Morgan fingerprint density at radius 2 is 1.89 bits per heavy atom. The van der Waals surface area contributed by atoms with Crippen molar-refractivity contribution in [1.29, 1.82) is 0 Å². The fraction of sp³-hybridized carbons (Fsp3) is 0.190. The molecule has 0 unspecified atom stereocenters. The number of hydrazone groups is 1. The van der Waals surface area contributed by atoms with Crippen molar-refractivity contribution in [3.63, 3.8) is 0 Å². The van der Waals surface area contributed by atoms with Crippen LogP contribution in [0.5, 0.6) is 0 Å². The van der Waals surface area contributed by atoms with E-state index in [1.165, 1.54) is 0 Å². The van der Waals surface area contributed by atoms with Gasteiger partial charge in [0.05, 0.1) is 5.71 Å². The van der Waals surface area contributed by atoms with E-state index in [4.69, 9.17) is 10.2 Å². The quantitative estimate of drug-likeness (QED) is 0.700. The molecule has 0 spiro atoms. The molecule has 0 bridgehead atoms. The summed E-state index contributed by atoms with van der Waals surface area (Å²) in [7, 11) is 0. The maximum absolute atomic E-state index is 12.7. The zero-order valence-electron chi connectivity index (χ0n) is 14.9. The lowest BCUT2D eigenvalue weighted by Crippen LogP contribution is -2.22. The van der Waals surface area contributed by atoms with Gasteiger partial charge in [0.2, 0.25) is 0 Å². The van der Waals surface area contributed by atoms with Crippen molar-refractivity contribution in [2.45, 2.75) is 26.2 Å². The van der Waals surface area contributed by atoms with Crippen LogP contribution in [-0.4, -0.2) is 17.5 Å². The third kappa shape index (κ3) is 2.99. The molecule has 2 aromatic carbocycles. The van der Waals surface area contributed by atoms with Gasteiger partial charge >= 0.3 is 0 Å². The summed E-state index contributed by atoms with van der Waals surface area (Å²) >= 11 is 0. The highest BCUT2D eigenvalue weighted by Gasteiger charge is 2.27. The van der Waals surface area contributed by atoms with Crippen LogP contribution in [0.3, 0.4) is 0 Å². The number of carbonyl (C=O) groups excluding carboxylic acids is 2. The predicted molar refractivity (Wildman–Crippen MR) is 103 cm³/mol. The number of benzene rings is 2. The number of nitrogens with two attached hydrogens (primary N) is 1. The van der Waals surface area contributed by atoms with Crippen LogP contribution >= 0.6 is 0 Å². The number of furan rings is 1. The lowest BCUT2D eigenvalue weighted by molar-refractivity contribution is 0.0953. The van der Waals surface area contributed by atoms with Crippen LogP contribution in [0.1, 0.15) is 50.6 Å². The summed E-state index contributed by atoms with van der Waals surface area (Å²) in [5, 5.41) is 6.21. The van der Waals surface area contributed by atoms with E-state index in [9.17, 15) is 9.59 Å². The SMILES string of the molecule is Cc1c(C(N)=O)oc2c1/C(=N/NC(=O)c1cccc3ccccc13)CCC2. The van der Waals surface area contributed by atoms with Gasteiger partial charge in [-0.3, -0.25) is 9.59 Å². The Morgan fingerprint density at radius 1 is 1.11 bits per heavy atom. The van der Waals surface area contributed by atoms with Crippen molar-refractivity contribution >= 4 is 28.3 Å². The largest absolute Gasteiger partial charge is 0.455 e. The van der Waals surface area contributed by atoms with Gasteiger partial charge in [0.15, 0.2) is 5.76 Å². The number of primary amides is 1. The van der Waals surface area contributed by atoms with Gasteiger partial charge in [0.25, 0.3) is 11.8 Å². The average Bonchev–Trinajstić information content (AvgIpc) is 3.03. The van der Waals surface area contributed by atoms with Gasteiger partial charge < -0.3 is 10.2 Å². The number of rotatable bonds is 3. The molecule has 0 saturated carbocycles. The number of carbonyl (C=O) groups is 2. The normalized spacial score (nSPS) is 14.9. The van der Waals surface area contributed by atoms with Gasteiger partial charge in [0, 0.05) is 23.1 Å². The molecule has 0 aliphatic heterocycles. The van der Waals surface area contributed by atoms with E-state index in [2.05, 4.69) is 10.5 Å². The molecule has 6 heteroatoms. The fourth-order valence-corrected chi connectivity index (χ4v) is 3.62. The highest BCUT2D eigenvalue weighted by Crippen LogP contribution is 2.29. The molecule has 2 amide bonds. The second-order valence-electron chi connectivity index (χ2n) is 6.60. The molecule has 0 radical (unpaired) electrons. The van der Waals surface area contributed by atoms with Gasteiger partial charge in [0.1, 0.15) is 5.76 Å². The summed E-state index contributed by atoms with van der Waals surface area (Å²) in [4.78, 5) is 24.2. The minimum absolute atomic E-state index is 0.162. The first-order valence-corrected chi connectivity index (χ1v) is 8.83. The van der Waals surface area contributed by atoms with Crippen molar-refractivity contribution in [3.05, 3.63) is 70.7 Å². The molecule has 0 saturated heterocycles. The molecule has 1 aliphatic carbocycles. The maximum atomic E-state index is 12.7. The summed E-state index contributed by atoms with van der Waals surface area (Å²) in [5.41, 5.74) is 10.8. The molecule has 4 rings (SSSR count). The van der Waals surface area contributed by atoms with Crippen LogP contribution in [0.25, 0.3) is 10.8 Å². The number of aryl methyl sites for hydroxylation is 1. The number of fused-ring (bicyclic) bond motifs is 2. The lowest BCUT2D eigenvalue weighted by Gasteiger charge is -2.13. The Hall–Kier alpha value is -3.41. The topological polar surface area (TPSA) is 97.7 Å². The Morgan fingerprint density at radius 3 is 2.70 bits per heavy atom. The van der Waals surface area contributed by atoms with E-state index < -0.39 is 5.91 Å². The summed E-state index contributed by atoms with van der Waals surface area (Å²) in [5.74, 6) is -0.00979. The molecule has 3 aromatic rings. The molecular weight excluding hydrogens is 342 g/mol. The Bertz CT molecular complexity index is 1090. The van der Waals surface area contributed by atoms with Crippen molar-refractivity contribution in [3.8, 4) is 0 Å². The van der Waals surface area contributed by atoms with Crippen LogP contribution in [0.15, 0.2) is 52.0 Å². The third-order valence-corrected chi connectivity index (χ3v) is 4.88. The standard InChI is InChI=1S/C21H19N3O3/c1-12-18-16(10-5-11-17(18)27-19(12)20(22)25)23-24-21(26)15-9-4-7-13-6-2-3-8-14(13)15/h2-4,6-9H,5,10-11H2,1H3,(H2,22,25)(H,24,26)/b23-16+. The minimum atomic E-state index is -0.596. The van der Waals surface area contributed by atoms with Crippen LogP contribution in [0, 0.1) is 6.92 Å². The van der Waals surface area contributed by atoms with Crippen molar-refractivity contribution in [2.24, 2.45) is 10.8 Å². The molecule has 3 N–H and O–H groups in total. The second kappa shape index (κ2) is 6.72. The molecule has 1 heterocycles. The zero-order valence-corrected chi connectivity index (χ0v) is 14.9.